The normalized spacial score (nSPS) is 11.4. The van der Waals surface area contributed by atoms with Gasteiger partial charge in [0.1, 0.15) is 0 Å². The zero-order valence-electron chi connectivity index (χ0n) is 18.6. The van der Waals surface area contributed by atoms with E-state index in [1.54, 1.807) is 49.6 Å². The fourth-order valence-corrected chi connectivity index (χ4v) is 4.12. The maximum atomic E-state index is 12.9. The van der Waals surface area contributed by atoms with E-state index in [9.17, 15) is 9.59 Å². The van der Waals surface area contributed by atoms with Gasteiger partial charge in [0.15, 0.2) is 11.5 Å². The minimum atomic E-state index is -0.208. The molecule has 2 amide bonds. The Bertz CT molecular complexity index is 1120. The van der Waals surface area contributed by atoms with Gasteiger partial charge in [0, 0.05) is 21.7 Å². The highest BCUT2D eigenvalue weighted by Crippen LogP contribution is 2.30. The molecule has 2 N–H and O–H groups in total. The molecular weight excluding hydrogens is 460 g/mol. The van der Waals surface area contributed by atoms with Crippen molar-refractivity contribution in [2.45, 2.75) is 17.9 Å². The summed E-state index contributed by atoms with van der Waals surface area (Å²) in [5.41, 5.74) is 2.07. The summed E-state index contributed by atoms with van der Waals surface area (Å²) < 4.78 is 10.5. The predicted octanol–water partition coefficient (Wildman–Crippen LogP) is 5.58. The molecule has 0 spiro atoms. The number of benzene rings is 3. The number of nitrogens with one attached hydrogen (secondary N) is 2. The molecule has 172 valence electrons. The molecule has 1 atom stereocenters. The fourth-order valence-electron chi connectivity index (χ4n) is 3.14. The molecule has 0 fully saturated rings. The van der Waals surface area contributed by atoms with E-state index in [1.165, 1.54) is 18.9 Å². The largest absolute Gasteiger partial charge is 0.493 e. The minimum absolute atomic E-state index is 0.144. The molecule has 6 nitrogen and oxygen atoms in total. The van der Waals surface area contributed by atoms with Crippen LogP contribution >= 0.6 is 23.4 Å². The van der Waals surface area contributed by atoms with Gasteiger partial charge in [-0.3, -0.25) is 9.59 Å². The standard InChI is InChI=1S/C25H25ClN2O4S/c1-16(17-8-10-18(26)11-9-17)27-25(30)20-6-4-5-7-23(20)33-15-24(29)28-19-12-13-21(31-2)22(14-19)32-3/h4-14,16H,15H2,1-3H3,(H,27,30)(H,28,29). The number of hydrogen-bond donors (Lipinski definition) is 2. The van der Waals surface area contributed by atoms with Crippen LogP contribution in [0.1, 0.15) is 28.9 Å². The summed E-state index contributed by atoms with van der Waals surface area (Å²) in [4.78, 5) is 26.1. The Morgan fingerprint density at radius 3 is 2.36 bits per heavy atom. The molecular formula is C25H25ClN2O4S. The molecule has 0 heterocycles. The van der Waals surface area contributed by atoms with Crippen molar-refractivity contribution in [1.82, 2.24) is 5.32 Å². The van der Waals surface area contributed by atoms with Crippen molar-refractivity contribution in [3.63, 3.8) is 0 Å². The van der Waals surface area contributed by atoms with Crippen molar-refractivity contribution in [3.8, 4) is 11.5 Å². The molecule has 33 heavy (non-hydrogen) atoms. The Kier molecular flexibility index (Phi) is 8.63. The van der Waals surface area contributed by atoms with Gasteiger partial charge in [0.25, 0.3) is 5.91 Å². The van der Waals surface area contributed by atoms with E-state index < -0.39 is 0 Å². The smallest absolute Gasteiger partial charge is 0.252 e. The van der Waals surface area contributed by atoms with Crippen molar-refractivity contribution in [2.75, 3.05) is 25.3 Å². The SMILES string of the molecule is COc1ccc(NC(=O)CSc2ccccc2C(=O)NC(C)c2ccc(Cl)cc2)cc1OC. The third-order valence-electron chi connectivity index (χ3n) is 4.88. The Morgan fingerprint density at radius 1 is 0.970 bits per heavy atom. The second-order valence-electron chi connectivity index (χ2n) is 7.15. The van der Waals surface area contributed by atoms with Crippen LogP contribution in [-0.2, 0) is 4.79 Å². The Morgan fingerprint density at radius 2 is 1.67 bits per heavy atom. The second-order valence-corrected chi connectivity index (χ2v) is 8.60. The lowest BCUT2D eigenvalue weighted by atomic mass is 10.1. The van der Waals surface area contributed by atoms with Crippen LogP contribution in [-0.4, -0.2) is 31.8 Å². The van der Waals surface area contributed by atoms with Crippen molar-refractivity contribution >= 4 is 40.9 Å². The first-order valence-corrected chi connectivity index (χ1v) is 11.6. The van der Waals surface area contributed by atoms with Gasteiger partial charge >= 0.3 is 0 Å². The molecule has 3 aromatic carbocycles. The van der Waals surface area contributed by atoms with Gasteiger partial charge < -0.3 is 20.1 Å². The third kappa shape index (κ3) is 6.66. The van der Waals surface area contributed by atoms with Crippen LogP contribution in [0.15, 0.2) is 71.6 Å². The second kappa shape index (κ2) is 11.6. The number of methoxy groups -OCH3 is 2. The maximum absolute atomic E-state index is 12.9. The molecule has 8 heteroatoms. The van der Waals surface area contributed by atoms with E-state index >= 15 is 0 Å². The number of thioether (sulfide) groups is 1. The Hall–Kier alpha value is -3.16. The van der Waals surface area contributed by atoms with Crippen LogP contribution in [0.5, 0.6) is 11.5 Å². The highest BCUT2D eigenvalue weighted by Gasteiger charge is 2.16. The number of rotatable bonds is 9. The van der Waals surface area contributed by atoms with E-state index in [0.29, 0.717) is 27.8 Å². The first-order valence-electron chi connectivity index (χ1n) is 10.2. The zero-order chi connectivity index (χ0) is 23.8. The van der Waals surface area contributed by atoms with Crippen LogP contribution in [0.2, 0.25) is 5.02 Å². The average molecular weight is 485 g/mol. The van der Waals surface area contributed by atoms with Crippen molar-refractivity contribution in [2.24, 2.45) is 0 Å². The van der Waals surface area contributed by atoms with E-state index in [1.807, 2.05) is 31.2 Å². The zero-order valence-corrected chi connectivity index (χ0v) is 20.1. The number of halogens is 1. The van der Waals surface area contributed by atoms with Gasteiger partial charge in [-0.1, -0.05) is 35.9 Å². The molecule has 0 saturated heterocycles. The lowest BCUT2D eigenvalue weighted by molar-refractivity contribution is -0.113. The molecule has 0 aliphatic heterocycles. The lowest BCUT2D eigenvalue weighted by Gasteiger charge is -2.16. The molecule has 0 saturated carbocycles. The lowest BCUT2D eigenvalue weighted by Crippen LogP contribution is -2.27. The number of hydrogen-bond acceptors (Lipinski definition) is 5. The topological polar surface area (TPSA) is 76.7 Å². The van der Waals surface area contributed by atoms with Crippen molar-refractivity contribution in [1.29, 1.82) is 0 Å². The monoisotopic (exact) mass is 484 g/mol. The molecule has 0 bridgehead atoms. The van der Waals surface area contributed by atoms with Gasteiger partial charge in [-0.2, -0.15) is 0 Å². The van der Waals surface area contributed by atoms with Gasteiger partial charge in [-0.15, -0.1) is 11.8 Å². The molecule has 1 unspecified atom stereocenters. The van der Waals surface area contributed by atoms with Gasteiger partial charge in [0.05, 0.1) is 31.6 Å². The third-order valence-corrected chi connectivity index (χ3v) is 6.20. The number of amides is 2. The summed E-state index contributed by atoms with van der Waals surface area (Å²) in [6.07, 6.45) is 0. The molecule has 3 aromatic rings. The summed E-state index contributed by atoms with van der Waals surface area (Å²) >= 11 is 7.24. The molecule has 0 aromatic heterocycles. The maximum Gasteiger partial charge on any atom is 0.252 e. The average Bonchev–Trinajstić information content (AvgIpc) is 2.83. The quantitative estimate of drug-likeness (QED) is 0.388. The van der Waals surface area contributed by atoms with Crippen molar-refractivity contribution in [3.05, 3.63) is 82.9 Å². The van der Waals surface area contributed by atoms with E-state index in [4.69, 9.17) is 21.1 Å². The van der Waals surface area contributed by atoms with Crippen molar-refractivity contribution < 1.29 is 19.1 Å². The Balaban J connectivity index is 1.62. The van der Waals surface area contributed by atoms with Gasteiger partial charge in [-0.25, -0.2) is 0 Å². The summed E-state index contributed by atoms with van der Waals surface area (Å²) in [5, 5.41) is 6.48. The van der Waals surface area contributed by atoms with E-state index in [0.717, 1.165) is 10.5 Å². The van der Waals surface area contributed by atoms with Crippen LogP contribution in [0.3, 0.4) is 0 Å². The molecule has 0 aliphatic carbocycles. The molecule has 3 rings (SSSR count). The number of carbonyl (C=O) groups is 2. The van der Waals surface area contributed by atoms with E-state index in [2.05, 4.69) is 10.6 Å². The number of anilines is 1. The summed E-state index contributed by atoms with van der Waals surface area (Å²) in [5.74, 6) is 0.848. The fraction of sp³-hybridized carbons (Fsp3) is 0.200. The van der Waals surface area contributed by atoms with Crippen LogP contribution in [0.25, 0.3) is 0 Å². The first-order chi connectivity index (χ1) is 15.9. The molecule has 0 radical (unpaired) electrons. The predicted molar refractivity (Wildman–Crippen MR) is 133 cm³/mol. The van der Waals surface area contributed by atoms with Crippen LogP contribution in [0, 0.1) is 0 Å². The molecule has 0 aliphatic rings. The van der Waals surface area contributed by atoms with Gasteiger partial charge in [-0.05, 0) is 48.9 Å². The number of carbonyl (C=O) groups excluding carboxylic acids is 2. The van der Waals surface area contributed by atoms with Crippen LogP contribution in [0.4, 0.5) is 5.69 Å². The van der Waals surface area contributed by atoms with Crippen LogP contribution < -0.4 is 20.1 Å². The highest BCUT2D eigenvalue weighted by molar-refractivity contribution is 8.00. The summed E-state index contributed by atoms with van der Waals surface area (Å²) in [6.45, 7) is 1.91. The van der Waals surface area contributed by atoms with E-state index in [-0.39, 0.29) is 23.6 Å². The number of ether oxygens (including phenoxy) is 2. The highest BCUT2D eigenvalue weighted by atomic mass is 35.5. The summed E-state index contributed by atoms with van der Waals surface area (Å²) in [6, 6.07) is 19.5. The first kappa shape index (κ1) is 24.5. The Labute approximate surface area is 202 Å². The van der Waals surface area contributed by atoms with Gasteiger partial charge in [0.2, 0.25) is 5.91 Å². The summed E-state index contributed by atoms with van der Waals surface area (Å²) in [7, 11) is 3.09. The minimum Gasteiger partial charge on any atom is -0.493 e.